The standard InChI is InChI=1S/C14H20N2O2/c1-15-14(13(17)18,11-16-9-5-6-10-16)12-7-3-2-4-8-12/h2-4,7-8,15H,5-6,9-11H2,1H3,(H,17,18). The number of hydrogen-bond donors (Lipinski definition) is 2. The Morgan fingerprint density at radius 3 is 2.44 bits per heavy atom. The number of likely N-dealkylation sites (N-methyl/N-ethyl adjacent to an activating group) is 1. The molecule has 0 bridgehead atoms. The number of carboxylic acids is 1. The molecule has 0 aromatic heterocycles. The number of nitrogens with one attached hydrogen (secondary N) is 1. The molecule has 2 N–H and O–H groups in total. The van der Waals surface area contributed by atoms with E-state index in [1.54, 1.807) is 7.05 Å². The Kier molecular flexibility index (Phi) is 3.99. The van der Waals surface area contributed by atoms with Crippen LogP contribution in [0.5, 0.6) is 0 Å². The second-order valence-electron chi connectivity index (χ2n) is 4.81. The molecule has 1 atom stereocenters. The molecule has 98 valence electrons. The maximum atomic E-state index is 11.8. The topological polar surface area (TPSA) is 52.6 Å². The van der Waals surface area contributed by atoms with Crippen LogP contribution in [0.2, 0.25) is 0 Å². The number of benzene rings is 1. The predicted octanol–water partition coefficient (Wildman–Crippen LogP) is 1.28. The Morgan fingerprint density at radius 1 is 1.33 bits per heavy atom. The summed E-state index contributed by atoms with van der Waals surface area (Å²) in [6, 6.07) is 9.42. The zero-order valence-corrected chi connectivity index (χ0v) is 10.7. The third kappa shape index (κ3) is 2.40. The van der Waals surface area contributed by atoms with E-state index in [9.17, 15) is 9.90 Å². The third-order valence-electron chi connectivity index (χ3n) is 3.72. The Balaban J connectivity index is 2.30. The van der Waals surface area contributed by atoms with Crippen molar-refractivity contribution in [1.82, 2.24) is 10.2 Å². The largest absolute Gasteiger partial charge is 0.480 e. The minimum Gasteiger partial charge on any atom is -0.480 e. The lowest BCUT2D eigenvalue weighted by Gasteiger charge is -2.33. The van der Waals surface area contributed by atoms with Crippen molar-refractivity contribution in [3.63, 3.8) is 0 Å². The van der Waals surface area contributed by atoms with Gasteiger partial charge in [-0.1, -0.05) is 30.3 Å². The van der Waals surface area contributed by atoms with E-state index in [0.717, 1.165) is 31.5 Å². The van der Waals surface area contributed by atoms with E-state index in [1.807, 2.05) is 30.3 Å². The highest BCUT2D eigenvalue weighted by atomic mass is 16.4. The van der Waals surface area contributed by atoms with Crippen molar-refractivity contribution in [3.8, 4) is 0 Å². The van der Waals surface area contributed by atoms with Gasteiger partial charge in [-0.15, -0.1) is 0 Å². The van der Waals surface area contributed by atoms with Crippen LogP contribution in [0, 0.1) is 0 Å². The van der Waals surface area contributed by atoms with Gasteiger partial charge >= 0.3 is 5.97 Å². The van der Waals surface area contributed by atoms with Crippen LogP contribution in [-0.2, 0) is 10.3 Å². The zero-order chi connectivity index (χ0) is 13.0. The Bertz CT molecular complexity index is 402. The van der Waals surface area contributed by atoms with Gasteiger partial charge in [-0.3, -0.25) is 0 Å². The van der Waals surface area contributed by atoms with E-state index < -0.39 is 11.5 Å². The van der Waals surface area contributed by atoms with Crippen molar-refractivity contribution in [2.45, 2.75) is 18.4 Å². The minimum atomic E-state index is -1.01. The molecule has 2 rings (SSSR count). The van der Waals surface area contributed by atoms with E-state index in [1.165, 1.54) is 0 Å². The van der Waals surface area contributed by atoms with Gasteiger partial charge in [0.1, 0.15) is 0 Å². The number of nitrogens with zero attached hydrogens (tertiary/aromatic N) is 1. The smallest absolute Gasteiger partial charge is 0.329 e. The number of aliphatic carboxylic acids is 1. The highest BCUT2D eigenvalue weighted by Gasteiger charge is 2.40. The molecule has 0 radical (unpaired) electrons. The molecule has 0 saturated carbocycles. The van der Waals surface area contributed by atoms with E-state index in [-0.39, 0.29) is 0 Å². The number of hydrogen-bond acceptors (Lipinski definition) is 3. The first-order chi connectivity index (χ1) is 8.69. The van der Waals surface area contributed by atoms with Crippen LogP contribution in [0.1, 0.15) is 18.4 Å². The normalized spacial score (nSPS) is 19.6. The second-order valence-corrected chi connectivity index (χ2v) is 4.81. The van der Waals surface area contributed by atoms with E-state index >= 15 is 0 Å². The molecule has 18 heavy (non-hydrogen) atoms. The van der Waals surface area contributed by atoms with Crippen LogP contribution < -0.4 is 5.32 Å². The Hall–Kier alpha value is -1.39. The first kappa shape index (κ1) is 13.1. The average Bonchev–Trinajstić information content (AvgIpc) is 2.89. The molecule has 1 saturated heterocycles. The quantitative estimate of drug-likeness (QED) is 0.824. The van der Waals surface area contributed by atoms with Gasteiger partial charge in [0, 0.05) is 6.54 Å². The SMILES string of the molecule is CNC(CN1CCCC1)(C(=O)O)c1ccccc1. The molecule has 0 aliphatic carbocycles. The van der Waals surface area contributed by atoms with Crippen LogP contribution in [0.15, 0.2) is 30.3 Å². The predicted molar refractivity (Wildman–Crippen MR) is 70.5 cm³/mol. The van der Waals surface area contributed by atoms with Crippen molar-refractivity contribution in [2.75, 3.05) is 26.7 Å². The van der Waals surface area contributed by atoms with Crippen LogP contribution in [-0.4, -0.2) is 42.7 Å². The van der Waals surface area contributed by atoms with E-state index in [0.29, 0.717) is 6.54 Å². The summed E-state index contributed by atoms with van der Waals surface area (Å²) in [6.07, 6.45) is 2.32. The summed E-state index contributed by atoms with van der Waals surface area (Å²) in [7, 11) is 1.72. The van der Waals surface area contributed by atoms with Crippen molar-refractivity contribution in [3.05, 3.63) is 35.9 Å². The van der Waals surface area contributed by atoms with Crippen LogP contribution in [0.25, 0.3) is 0 Å². The summed E-state index contributed by atoms with van der Waals surface area (Å²) in [5, 5.41) is 12.7. The van der Waals surface area contributed by atoms with Crippen LogP contribution >= 0.6 is 0 Å². The fraction of sp³-hybridized carbons (Fsp3) is 0.500. The minimum absolute atomic E-state index is 0.517. The van der Waals surface area contributed by atoms with Gasteiger partial charge in [0.25, 0.3) is 0 Å². The molecule has 1 unspecified atom stereocenters. The molecule has 1 aromatic carbocycles. The van der Waals surface area contributed by atoms with Crippen LogP contribution in [0.4, 0.5) is 0 Å². The molecule has 0 amide bonds. The van der Waals surface area contributed by atoms with E-state index in [4.69, 9.17) is 0 Å². The molecule has 4 heteroatoms. The highest BCUT2D eigenvalue weighted by Crippen LogP contribution is 2.24. The maximum absolute atomic E-state index is 11.8. The Morgan fingerprint density at radius 2 is 1.94 bits per heavy atom. The summed E-state index contributed by atoms with van der Waals surface area (Å²) in [5.41, 5.74) is -0.196. The van der Waals surface area contributed by atoms with Gasteiger partial charge in [0.05, 0.1) is 0 Å². The number of likely N-dealkylation sites (tertiary alicyclic amines) is 1. The van der Waals surface area contributed by atoms with Gasteiger partial charge in [-0.2, -0.15) is 0 Å². The third-order valence-corrected chi connectivity index (χ3v) is 3.72. The fourth-order valence-corrected chi connectivity index (χ4v) is 2.61. The molecule has 1 fully saturated rings. The lowest BCUT2D eigenvalue weighted by Crippen LogP contribution is -2.54. The van der Waals surface area contributed by atoms with Gasteiger partial charge < -0.3 is 15.3 Å². The Labute approximate surface area is 108 Å². The summed E-state index contributed by atoms with van der Waals surface area (Å²) in [4.78, 5) is 14.0. The zero-order valence-electron chi connectivity index (χ0n) is 10.7. The number of rotatable bonds is 5. The highest BCUT2D eigenvalue weighted by molar-refractivity contribution is 5.81. The van der Waals surface area contributed by atoms with Crippen molar-refractivity contribution in [1.29, 1.82) is 0 Å². The first-order valence-corrected chi connectivity index (χ1v) is 6.39. The molecule has 1 heterocycles. The van der Waals surface area contributed by atoms with Gasteiger partial charge in [0.2, 0.25) is 0 Å². The number of carbonyl (C=O) groups is 1. The van der Waals surface area contributed by atoms with Crippen molar-refractivity contribution in [2.24, 2.45) is 0 Å². The molecular weight excluding hydrogens is 228 g/mol. The van der Waals surface area contributed by atoms with Crippen molar-refractivity contribution < 1.29 is 9.90 Å². The monoisotopic (exact) mass is 248 g/mol. The van der Waals surface area contributed by atoms with Gasteiger partial charge in [-0.25, -0.2) is 4.79 Å². The molecule has 0 spiro atoms. The van der Waals surface area contributed by atoms with Crippen LogP contribution in [0.3, 0.4) is 0 Å². The maximum Gasteiger partial charge on any atom is 0.329 e. The summed E-state index contributed by atoms with van der Waals surface area (Å²) < 4.78 is 0. The lowest BCUT2D eigenvalue weighted by atomic mass is 9.89. The molecule has 1 aliphatic rings. The summed E-state index contributed by atoms with van der Waals surface area (Å²) in [5.74, 6) is -0.817. The summed E-state index contributed by atoms with van der Waals surface area (Å²) in [6.45, 7) is 2.50. The molecule has 1 aromatic rings. The average molecular weight is 248 g/mol. The fourth-order valence-electron chi connectivity index (χ4n) is 2.61. The van der Waals surface area contributed by atoms with E-state index in [2.05, 4.69) is 10.2 Å². The first-order valence-electron chi connectivity index (χ1n) is 6.39. The van der Waals surface area contributed by atoms with Crippen molar-refractivity contribution >= 4 is 5.97 Å². The molecular formula is C14H20N2O2. The molecule has 1 aliphatic heterocycles. The van der Waals surface area contributed by atoms with Gasteiger partial charge in [-0.05, 0) is 38.5 Å². The summed E-state index contributed by atoms with van der Waals surface area (Å²) >= 11 is 0. The molecule has 4 nitrogen and oxygen atoms in total. The van der Waals surface area contributed by atoms with Gasteiger partial charge in [0.15, 0.2) is 5.54 Å². The second kappa shape index (κ2) is 5.50. The lowest BCUT2D eigenvalue weighted by molar-refractivity contribution is -0.146. The number of carboxylic acid groups (broad SMARTS) is 1.